The molecule has 0 amide bonds. The molecule has 0 aromatic heterocycles. The van der Waals surface area contributed by atoms with Gasteiger partial charge in [0.25, 0.3) is 0 Å². The highest BCUT2D eigenvalue weighted by Gasteiger charge is 2.32. The van der Waals surface area contributed by atoms with Crippen molar-refractivity contribution in [2.24, 2.45) is 0 Å². The smallest absolute Gasteiger partial charge is 0.405 e. The molecule has 2 aromatic rings. The Labute approximate surface area is 111 Å². The van der Waals surface area contributed by atoms with Gasteiger partial charge in [-0.1, -0.05) is 30.3 Å². The van der Waals surface area contributed by atoms with Gasteiger partial charge in [-0.15, -0.1) is 13.2 Å². The van der Waals surface area contributed by atoms with Gasteiger partial charge in [-0.2, -0.15) is 5.26 Å². The van der Waals surface area contributed by atoms with Crippen LogP contribution in [0.3, 0.4) is 0 Å². The van der Waals surface area contributed by atoms with Crippen molar-refractivity contribution in [2.45, 2.75) is 6.36 Å². The Kier molecular flexibility index (Phi) is 3.61. The number of para-hydroxylation sites is 1. The van der Waals surface area contributed by atoms with Crippen molar-refractivity contribution < 1.29 is 22.3 Å². The molecular formula is C14H7F4NO. The van der Waals surface area contributed by atoms with Crippen LogP contribution in [-0.2, 0) is 0 Å². The molecule has 2 aromatic carbocycles. The molecule has 0 heterocycles. The second-order valence-corrected chi connectivity index (χ2v) is 3.82. The van der Waals surface area contributed by atoms with E-state index in [-0.39, 0.29) is 16.7 Å². The first kappa shape index (κ1) is 13.9. The standard InChI is InChI=1S/C14H7F4NO/c15-12-6-3-5-9(11(12)8-19)10-4-1-2-7-13(10)20-14(16,17)18/h1-7H. The van der Waals surface area contributed by atoms with Crippen molar-refractivity contribution in [2.75, 3.05) is 0 Å². The second-order valence-electron chi connectivity index (χ2n) is 3.82. The maximum Gasteiger partial charge on any atom is 0.573 e. The molecule has 102 valence electrons. The lowest BCUT2D eigenvalue weighted by molar-refractivity contribution is -0.274. The van der Waals surface area contributed by atoms with E-state index in [0.717, 1.165) is 12.1 Å². The summed E-state index contributed by atoms with van der Waals surface area (Å²) in [5.74, 6) is -1.28. The topological polar surface area (TPSA) is 33.0 Å². The van der Waals surface area contributed by atoms with E-state index in [1.165, 1.54) is 30.3 Å². The third kappa shape index (κ3) is 2.88. The van der Waals surface area contributed by atoms with E-state index in [9.17, 15) is 17.6 Å². The maximum absolute atomic E-state index is 13.5. The fourth-order valence-electron chi connectivity index (χ4n) is 1.77. The summed E-state index contributed by atoms with van der Waals surface area (Å²) in [5, 5.41) is 8.93. The molecule has 0 bridgehead atoms. The molecule has 2 rings (SSSR count). The first-order valence-electron chi connectivity index (χ1n) is 5.46. The Morgan fingerprint density at radius 2 is 1.60 bits per heavy atom. The average molecular weight is 281 g/mol. The number of benzene rings is 2. The number of rotatable bonds is 2. The van der Waals surface area contributed by atoms with E-state index in [0.29, 0.717) is 0 Å². The van der Waals surface area contributed by atoms with Gasteiger partial charge >= 0.3 is 6.36 Å². The Morgan fingerprint density at radius 1 is 0.950 bits per heavy atom. The van der Waals surface area contributed by atoms with E-state index in [1.807, 2.05) is 0 Å². The number of ether oxygens (including phenoxy) is 1. The van der Waals surface area contributed by atoms with Crippen LogP contribution in [0.1, 0.15) is 5.56 Å². The molecule has 0 aliphatic carbocycles. The first-order chi connectivity index (χ1) is 9.42. The molecule has 0 atom stereocenters. The summed E-state index contributed by atoms with van der Waals surface area (Å²) in [7, 11) is 0. The molecule has 20 heavy (non-hydrogen) atoms. The van der Waals surface area contributed by atoms with Gasteiger partial charge in [0.15, 0.2) is 0 Å². The van der Waals surface area contributed by atoms with Crippen molar-refractivity contribution >= 4 is 0 Å². The molecule has 0 N–H and O–H groups in total. The van der Waals surface area contributed by atoms with Crippen LogP contribution in [0.5, 0.6) is 5.75 Å². The maximum atomic E-state index is 13.5. The van der Waals surface area contributed by atoms with Gasteiger partial charge in [0, 0.05) is 11.1 Å². The lowest BCUT2D eigenvalue weighted by atomic mass is 9.99. The van der Waals surface area contributed by atoms with Crippen molar-refractivity contribution in [3.63, 3.8) is 0 Å². The van der Waals surface area contributed by atoms with E-state index < -0.39 is 17.9 Å². The van der Waals surface area contributed by atoms with E-state index in [1.54, 1.807) is 6.07 Å². The first-order valence-corrected chi connectivity index (χ1v) is 5.46. The molecule has 0 aliphatic heterocycles. The molecule has 0 unspecified atom stereocenters. The minimum absolute atomic E-state index is 0.000810. The summed E-state index contributed by atoms with van der Waals surface area (Å²) in [4.78, 5) is 0. The zero-order valence-corrected chi connectivity index (χ0v) is 9.91. The van der Waals surface area contributed by atoms with Crippen LogP contribution < -0.4 is 4.74 Å². The Balaban J connectivity index is 2.60. The highest BCUT2D eigenvalue weighted by Crippen LogP contribution is 2.35. The predicted octanol–water partition coefficient (Wildman–Crippen LogP) is 4.26. The van der Waals surface area contributed by atoms with Gasteiger partial charge in [-0.05, 0) is 12.1 Å². The largest absolute Gasteiger partial charge is 0.573 e. The Morgan fingerprint density at radius 3 is 2.25 bits per heavy atom. The number of alkyl halides is 3. The van der Waals surface area contributed by atoms with Crippen LogP contribution >= 0.6 is 0 Å². The van der Waals surface area contributed by atoms with Crippen molar-refractivity contribution in [1.29, 1.82) is 5.26 Å². The molecular weight excluding hydrogens is 274 g/mol. The van der Waals surface area contributed by atoms with Crippen LogP contribution in [0.4, 0.5) is 17.6 Å². The number of nitriles is 1. The monoisotopic (exact) mass is 281 g/mol. The minimum Gasteiger partial charge on any atom is -0.405 e. The zero-order valence-electron chi connectivity index (χ0n) is 9.91. The summed E-state index contributed by atoms with van der Waals surface area (Å²) in [5.41, 5.74) is -0.279. The number of hydrogen-bond donors (Lipinski definition) is 0. The third-order valence-corrected chi connectivity index (χ3v) is 2.53. The summed E-state index contributed by atoms with van der Waals surface area (Å²) in [6, 6.07) is 10.7. The van der Waals surface area contributed by atoms with E-state index in [4.69, 9.17) is 5.26 Å². The number of halogens is 4. The van der Waals surface area contributed by atoms with Crippen molar-refractivity contribution in [3.8, 4) is 22.9 Å². The summed E-state index contributed by atoms with van der Waals surface area (Å²) in [6.45, 7) is 0. The van der Waals surface area contributed by atoms with Crippen LogP contribution in [0.15, 0.2) is 42.5 Å². The Bertz CT molecular complexity index is 674. The summed E-state index contributed by atoms with van der Waals surface area (Å²) >= 11 is 0. The molecule has 2 nitrogen and oxygen atoms in total. The third-order valence-electron chi connectivity index (χ3n) is 2.53. The normalized spacial score (nSPS) is 10.9. The van der Waals surface area contributed by atoms with Gasteiger partial charge in [-0.3, -0.25) is 0 Å². The molecule has 0 fully saturated rings. The molecule has 0 saturated heterocycles. The average Bonchev–Trinajstić information content (AvgIpc) is 2.37. The second kappa shape index (κ2) is 5.21. The number of nitrogens with zero attached hydrogens (tertiary/aromatic N) is 1. The molecule has 6 heteroatoms. The lowest BCUT2D eigenvalue weighted by Gasteiger charge is -2.14. The van der Waals surface area contributed by atoms with Gasteiger partial charge in [0.2, 0.25) is 0 Å². The van der Waals surface area contributed by atoms with Gasteiger partial charge < -0.3 is 4.74 Å². The van der Waals surface area contributed by atoms with Crippen LogP contribution in [0, 0.1) is 17.1 Å². The highest BCUT2D eigenvalue weighted by molar-refractivity contribution is 5.75. The molecule has 0 aliphatic rings. The van der Waals surface area contributed by atoms with Crippen LogP contribution in [0.25, 0.3) is 11.1 Å². The van der Waals surface area contributed by atoms with Crippen LogP contribution in [-0.4, -0.2) is 6.36 Å². The van der Waals surface area contributed by atoms with Gasteiger partial charge in [0.05, 0.1) is 5.56 Å². The molecule has 0 saturated carbocycles. The minimum atomic E-state index is -4.86. The zero-order chi connectivity index (χ0) is 14.8. The predicted molar refractivity (Wildman–Crippen MR) is 63.2 cm³/mol. The van der Waals surface area contributed by atoms with Crippen molar-refractivity contribution in [1.82, 2.24) is 0 Å². The van der Waals surface area contributed by atoms with E-state index in [2.05, 4.69) is 4.74 Å². The van der Waals surface area contributed by atoms with Crippen LogP contribution in [0.2, 0.25) is 0 Å². The van der Waals surface area contributed by atoms with Gasteiger partial charge in [-0.25, -0.2) is 4.39 Å². The Hall–Kier alpha value is -2.55. The number of hydrogen-bond acceptors (Lipinski definition) is 2. The lowest BCUT2D eigenvalue weighted by Crippen LogP contribution is -2.17. The SMILES string of the molecule is N#Cc1c(F)cccc1-c1ccccc1OC(F)(F)F. The summed E-state index contributed by atoms with van der Waals surface area (Å²) < 4.78 is 54.4. The van der Waals surface area contributed by atoms with Gasteiger partial charge in [0.1, 0.15) is 17.6 Å². The van der Waals surface area contributed by atoms with E-state index >= 15 is 0 Å². The summed E-state index contributed by atoms with van der Waals surface area (Å²) in [6.07, 6.45) is -4.86. The fourth-order valence-corrected chi connectivity index (χ4v) is 1.77. The molecule has 0 radical (unpaired) electrons. The fraction of sp³-hybridized carbons (Fsp3) is 0.0714. The quantitative estimate of drug-likeness (QED) is 0.770. The highest BCUT2D eigenvalue weighted by atomic mass is 19.4. The molecule has 0 spiro atoms. The van der Waals surface area contributed by atoms with Crippen molar-refractivity contribution in [3.05, 3.63) is 53.8 Å².